The first kappa shape index (κ1) is 17.2. The van der Waals surface area contributed by atoms with Crippen molar-refractivity contribution in [3.8, 4) is 0 Å². The van der Waals surface area contributed by atoms with Gasteiger partial charge in [-0.1, -0.05) is 30.3 Å². The van der Waals surface area contributed by atoms with Crippen LogP contribution in [-0.2, 0) is 34.5 Å². The van der Waals surface area contributed by atoms with E-state index in [1.807, 2.05) is 67.2 Å². The van der Waals surface area contributed by atoms with Crippen LogP contribution in [0.3, 0.4) is 0 Å². The van der Waals surface area contributed by atoms with E-state index in [9.17, 15) is 9.59 Å². The largest absolute Gasteiger partial charge is 0.366 e. The Morgan fingerprint density at radius 3 is 2.68 bits per heavy atom. The Kier molecular flexibility index (Phi) is 5.19. The van der Waals surface area contributed by atoms with E-state index >= 15 is 0 Å². The highest BCUT2D eigenvalue weighted by molar-refractivity contribution is 5.89. The van der Waals surface area contributed by atoms with Crippen LogP contribution in [0.15, 0.2) is 48.7 Å². The molecule has 2 aromatic rings. The molecule has 0 unspecified atom stereocenters. The number of nitrogens with zero attached hydrogens (tertiary/aromatic N) is 2. The maximum absolute atomic E-state index is 12.8. The van der Waals surface area contributed by atoms with Crippen LogP contribution in [0.25, 0.3) is 0 Å². The number of morpholine rings is 1. The van der Waals surface area contributed by atoms with Crippen molar-refractivity contribution in [3.63, 3.8) is 0 Å². The van der Waals surface area contributed by atoms with E-state index in [2.05, 4.69) is 5.32 Å². The molecule has 1 fully saturated rings. The predicted octanol–water partition coefficient (Wildman–Crippen LogP) is 1.46. The summed E-state index contributed by atoms with van der Waals surface area (Å²) < 4.78 is 7.45. The Balaban J connectivity index is 1.73. The minimum absolute atomic E-state index is 0.00951. The Morgan fingerprint density at radius 1 is 1.24 bits per heavy atom. The summed E-state index contributed by atoms with van der Waals surface area (Å²) in [7, 11) is 1.93. The molecule has 1 aliphatic rings. The van der Waals surface area contributed by atoms with Crippen molar-refractivity contribution in [2.75, 3.05) is 6.61 Å². The molecule has 0 aliphatic carbocycles. The number of carbonyl (C=O) groups is 2. The fourth-order valence-corrected chi connectivity index (χ4v) is 3.07. The summed E-state index contributed by atoms with van der Waals surface area (Å²) >= 11 is 0. The number of benzene rings is 1. The highest BCUT2D eigenvalue weighted by Gasteiger charge is 2.39. The molecule has 2 atom stereocenters. The summed E-state index contributed by atoms with van der Waals surface area (Å²) in [6.45, 7) is 2.65. The number of hydrogen-bond donors (Lipinski definition) is 1. The van der Waals surface area contributed by atoms with Gasteiger partial charge in [-0.15, -0.1) is 0 Å². The van der Waals surface area contributed by atoms with Gasteiger partial charge in [0.2, 0.25) is 11.8 Å². The number of carbonyl (C=O) groups excluding carboxylic acids is 2. The van der Waals surface area contributed by atoms with E-state index in [0.29, 0.717) is 13.1 Å². The van der Waals surface area contributed by atoms with Gasteiger partial charge in [0.05, 0.1) is 12.6 Å². The molecule has 1 aromatic carbocycles. The molecule has 1 saturated heterocycles. The van der Waals surface area contributed by atoms with Crippen LogP contribution in [0.4, 0.5) is 0 Å². The van der Waals surface area contributed by atoms with Gasteiger partial charge >= 0.3 is 0 Å². The number of nitrogens with one attached hydrogen (secondary N) is 1. The smallest absolute Gasteiger partial charge is 0.249 e. The third-order valence-electron chi connectivity index (χ3n) is 4.53. The van der Waals surface area contributed by atoms with E-state index in [-0.39, 0.29) is 24.5 Å². The van der Waals surface area contributed by atoms with Crippen LogP contribution in [0.5, 0.6) is 0 Å². The summed E-state index contributed by atoms with van der Waals surface area (Å²) in [6.07, 6.45) is 1.58. The lowest BCUT2D eigenvalue weighted by molar-refractivity contribution is -0.163. The van der Waals surface area contributed by atoms with Crippen LogP contribution in [0.1, 0.15) is 18.2 Å². The third kappa shape index (κ3) is 3.91. The van der Waals surface area contributed by atoms with Gasteiger partial charge in [-0.2, -0.15) is 0 Å². The number of hydrogen-bond acceptors (Lipinski definition) is 3. The minimum atomic E-state index is -0.637. The monoisotopic (exact) mass is 341 g/mol. The molecule has 1 aromatic heterocycles. The molecule has 0 bridgehead atoms. The van der Waals surface area contributed by atoms with E-state index in [4.69, 9.17) is 4.74 Å². The molecule has 132 valence electrons. The fourth-order valence-electron chi connectivity index (χ4n) is 3.07. The lowest BCUT2D eigenvalue weighted by atomic mass is 10.1. The lowest BCUT2D eigenvalue weighted by Gasteiger charge is -2.38. The number of aryl methyl sites for hydroxylation is 1. The summed E-state index contributed by atoms with van der Waals surface area (Å²) in [5.74, 6) is -0.362. The van der Waals surface area contributed by atoms with Gasteiger partial charge in [0.15, 0.2) is 0 Å². The molecule has 6 heteroatoms. The number of aromatic nitrogens is 1. The van der Waals surface area contributed by atoms with E-state index < -0.39 is 6.04 Å². The van der Waals surface area contributed by atoms with Crippen LogP contribution in [-0.4, -0.2) is 40.0 Å². The van der Waals surface area contributed by atoms with Crippen LogP contribution in [0, 0.1) is 0 Å². The van der Waals surface area contributed by atoms with Crippen molar-refractivity contribution in [3.05, 3.63) is 59.9 Å². The molecule has 6 nitrogen and oxygen atoms in total. The molecule has 3 rings (SSSR count). The molecule has 25 heavy (non-hydrogen) atoms. The van der Waals surface area contributed by atoms with Gasteiger partial charge in [0.25, 0.3) is 0 Å². The van der Waals surface area contributed by atoms with Gasteiger partial charge in [-0.05, 0) is 24.6 Å². The summed E-state index contributed by atoms with van der Waals surface area (Å²) in [6, 6.07) is 12.9. The zero-order valence-electron chi connectivity index (χ0n) is 14.5. The maximum Gasteiger partial charge on any atom is 0.249 e. The van der Waals surface area contributed by atoms with Crippen molar-refractivity contribution in [1.29, 1.82) is 0 Å². The second-order valence-corrected chi connectivity index (χ2v) is 6.30. The van der Waals surface area contributed by atoms with Crippen LogP contribution in [0.2, 0.25) is 0 Å². The minimum Gasteiger partial charge on any atom is -0.366 e. The van der Waals surface area contributed by atoms with E-state index in [1.54, 1.807) is 4.90 Å². The predicted molar refractivity (Wildman–Crippen MR) is 93.5 cm³/mol. The van der Waals surface area contributed by atoms with E-state index in [0.717, 1.165) is 11.3 Å². The fraction of sp³-hybridized carbons (Fsp3) is 0.368. The molecule has 1 aliphatic heterocycles. The number of rotatable bonds is 5. The molecular weight excluding hydrogens is 318 g/mol. The van der Waals surface area contributed by atoms with Gasteiger partial charge in [-0.3, -0.25) is 9.59 Å². The molecule has 2 amide bonds. The second-order valence-electron chi connectivity index (χ2n) is 6.30. The Labute approximate surface area is 147 Å². The van der Waals surface area contributed by atoms with Gasteiger partial charge < -0.3 is 19.5 Å². The van der Waals surface area contributed by atoms with Gasteiger partial charge in [0.1, 0.15) is 12.6 Å². The molecule has 1 N–H and O–H groups in total. The number of ether oxygens (including phenoxy) is 1. The Morgan fingerprint density at radius 2 is 2.00 bits per heavy atom. The second kappa shape index (κ2) is 7.53. The summed E-state index contributed by atoms with van der Waals surface area (Å²) in [4.78, 5) is 26.7. The van der Waals surface area contributed by atoms with Crippen molar-refractivity contribution >= 4 is 11.8 Å². The SMILES string of the molecule is C[C@H]1OCC(=O)N(Cc2ccccc2)[C@@H]1C(=O)NCc1cccn1C. The first-order chi connectivity index (χ1) is 12.1. The van der Waals surface area contributed by atoms with Crippen molar-refractivity contribution in [2.24, 2.45) is 7.05 Å². The molecular formula is C19H23N3O3. The first-order valence-corrected chi connectivity index (χ1v) is 8.39. The Bertz CT molecular complexity index is 741. The van der Waals surface area contributed by atoms with Crippen LogP contribution < -0.4 is 5.32 Å². The first-order valence-electron chi connectivity index (χ1n) is 8.39. The third-order valence-corrected chi connectivity index (χ3v) is 4.53. The molecule has 0 saturated carbocycles. The van der Waals surface area contributed by atoms with Crippen molar-refractivity contribution in [2.45, 2.75) is 32.2 Å². The highest BCUT2D eigenvalue weighted by atomic mass is 16.5. The quantitative estimate of drug-likeness (QED) is 0.895. The lowest BCUT2D eigenvalue weighted by Crippen LogP contribution is -2.59. The summed E-state index contributed by atoms with van der Waals surface area (Å²) in [5, 5.41) is 2.93. The maximum atomic E-state index is 12.8. The average molecular weight is 341 g/mol. The highest BCUT2D eigenvalue weighted by Crippen LogP contribution is 2.19. The van der Waals surface area contributed by atoms with E-state index in [1.165, 1.54) is 0 Å². The average Bonchev–Trinajstić information content (AvgIpc) is 3.02. The zero-order valence-corrected chi connectivity index (χ0v) is 14.5. The van der Waals surface area contributed by atoms with Gasteiger partial charge in [-0.25, -0.2) is 0 Å². The Hall–Kier alpha value is -2.60. The summed E-state index contributed by atoms with van der Waals surface area (Å²) in [5.41, 5.74) is 1.99. The standard InChI is InChI=1S/C19H23N3O3/c1-14-18(19(24)20-11-16-9-6-10-21(16)2)22(17(23)13-25-14)12-15-7-4-3-5-8-15/h3-10,14,18H,11-13H2,1-2H3,(H,20,24)/t14-,18+/m1/s1. The molecule has 0 radical (unpaired) electrons. The zero-order chi connectivity index (χ0) is 17.8. The van der Waals surface area contributed by atoms with Gasteiger partial charge in [0, 0.05) is 25.5 Å². The molecule has 0 spiro atoms. The molecule has 2 heterocycles. The number of amides is 2. The van der Waals surface area contributed by atoms with Crippen molar-refractivity contribution < 1.29 is 14.3 Å². The van der Waals surface area contributed by atoms with Crippen LogP contribution >= 0.6 is 0 Å². The normalized spacial score (nSPS) is 20.6. The van der Waals surface area contributed by atoms with Crippen molar-refractivity contribution in [1.82, 2.24) is 14.8 Å². The topological polar surface area (TPSA) is 63.6 Å².